The predicted molar refractivity (Wildman–Crippen MR) is 120 cm³/mol. The van der Waals surface area contributed by atoms with Crippen molar-refractivity contribution >= 4 is 17.4 Å². The molecule has 0 bridgehead atoms. The topological polar surface area (TPSA) is 95.0 Å². The van der Waals surface area contributed by atoms with Crippen LogP contribution < -0.4 is 5.32 Å². The van der Waals surface area contributed by atoms with Crippen LogP contribution >= 0.6 is 0 Å². The lowest BCUT2D eigenvalue weighted by atomic mass is 10.1. The molecule has 5 aromatic rings. The summed E-state index contributed by atoms with van der Waals surface area (Å²) in [5.41, 5.74) is 3.61. The van der Waals surface area contributed by atoms with Crippen molar-refractivity contribution in [1.82, 2.24) is 34.3 Å². The van der Waals surface area contributed by atoms with Crippen molar-refractivity contribution in [2.45, 2.75) is 12.5 Å². The number of fused-ring (bicyclic) bond motifs is 1. The van der Waals surface area contributed by atoms with E-state index in [1.807, 2.05) is 60.1 Å². The minimum absolute atomic E-state index is 0.202. The number of hydrogen-bond acceptors (Lipinski definition) is 7. The first-order chi connectivity index (χ1) is 15.7. The maximum atomic E-state index is 5.74. The summed E-state index contributed by atoms with van der Waals surface area (Å²) in [7, 11) is 3.55. The Morgan fingerprint density at radius 3 is 2.69 bits per heavy atom. The first-order valence-corrected chi connectivity index (χ1v) is 10.2. The second-order valence-corrected chi connectivity index (χ2v) is 7.35. The van der Waals surface area contributed by atoms with E-state index < -0.39 is 0 Å². The molecule has 0 aliphatic heterocycles. The zero-order valence-electron chi connectivity index (χ0n) is 17.8. The average Bonchev–Trinajstić information content (AvgIpc) is 3.44. The van der Waals surface area contributed by atoms with Crippen LogP contribution in [0.15, 0.2) is 73.2 Å². The molecule has 0 unspecified atom stereocenters. The molecule has 1 N–H and O–H groups in total. The van der Waals surface area contributed by atoms with Crippen LogP contribution in [0.2, 0.25) is 0 Å². The summed E-state index contributed by atoms with van der Waals surface area (Å²) in [5.74, 6) is 2.07. The molecule has 160 valence electrons. The molecule has 0 saturated carbocycles. The van der Waals surface area contributed by atoms with Crippen molar-refractivity contribution < 1.29 is 4.74 Å². The summed E-state index contributed by atoms with van der Waals surface area (Å²) in [5, 5.41) is 16.1. The van der Waals surface area contributed by atoms with Gasteiger partial charge in [-0.15, -0.1) is 10.2 Å². The Kier molecular flexibility index (Phi) is 5.30. The molecule has 0 radical (unpaired) electrons. The van der Waals surface area contributed by atoms with Gasteiger partial charge in [0.05, 0.1) is 11.9 Å². The van der Waals surface area contributed by atoms with Gasteiger partial charge in [0.15, 0.2) is 11.5 Å². The summed E-state index contributed by atoms with van der Waals surface area (Å²) in [6.07, 6.45) is 5.91. The second-order valence-electron chi connectivity index (χ2n) is 7.35. The lowest BCUT2D eigenvalue weighted by Crippen LogP contribution is -2.09. The predicted octanol–water partition coefficient (Wildman–Crippen LogP) is 3.59. The highest BCUT2D eigenvalue weighted by Crippen LogP contribution is 2.24. The molecule has 0 fully saturated rings. The summed E-state index contributed by atoms with van der Waals surface area (Å²) < 4.78 is 9.42. The Morgan fingerprint density at radius 2 is 1.91 bits per heavy atom. The fraction of sp³-hybridized carbons (Fsp3) is 0.174. The van der Waals surface area contributed by atoms with Crippen LogP contribution in [0.4, 0.5) is 11.8 Å². The molecule has 0 amide bonds. The molecule has 0 aliphatic rings. The van der Waals surface area contributed by atoms with E-state index in [9.17, 15) is 0 Å². The van der Waals surface area contributed by atoms with Crippen LogP contribution in [0, 0.1) is 0 Å². The van der Waals surface area contributed by atoms with E-state index in [2.05, 4.69) is 42.7 Å². The molecule has 4 heterocycles. The number of rotatable bonds is 7. The van der Waals surface area contributed by atoms with Crippen molar-refractivity contribution in [3.8, 4) is 11.3 Å². The number of ether oxygens (including phenoxy) is 1. The average molecular weight is 426 g/mol. The fourth-order valence-electron chi connectivity index (χ4n) is 3.59. The van der Waals surface area contributed by atoms with Crippen LogP contribution in [0.1, 0.15) is 17.5 Å². The van der Waals surface area contributed by atoms with Gasteiger partial charge in [-0.05, 0) is 23.8 Å². The number of pyridine rings is 1. The molecular formula is C23H22N8O. The summed E-state index contributed by atoms with van der Waals surface area (Å²) >= 11 is 0. The van der Waals surface area contributed by atoms with Gasteiger partial charge in [0.1, 0.15) is 11.9 Å². The number of methoxy groups -OCH3 is 1. The lowest BCUT2D eigenvalue weighted by molar-refractivity contribution is 0.0952. The van der Waals surface area contributed by atoms with Crippen LogP contribution in [0.3, 0.4) is 0 Å². The highest BCUT2D eigenvalue weighted by molar-refractivity contribution is 5.65. The monoisotopic (exact) mass is 426 g/mol. The maximum absolute atomic E-state index is 5.74. The SMILES string of the molecule is CO[C@H](Cc1ccccc1)c1nnc2cc(-c3ccnc(Nc4ccnn4C)n3)ccn12. The first kappa shape index (κ1) is 19.8. The number of benzene rings is 1. The fourth-order valence-corrected chi connectivity index (χ4v) is 3.59. The van der Waals surface area contributed by atoms with Gasteiger partial charge in [-0.2, -0.15) is 5.10 Å². The lowest BCUT2D eigenvalue weighted by Gasteiger charge is -2.14. The first-order valence-electron chi connectivity index (χ1n) is 10.2. The molecule has 32 heavy (non-hydrogen) atoms. The molecule has 9 nitrogen and oxygen atoms in total. The molecule has 5 rings (SSSR count). The number of hydrogen-bond donors (Lipinski definition) is 1. The highest BCUT2D eigenvalue weighted by Gasteiger charge is 2.19. The number of nitrogens with one attached hydrogen (secondary N) is 1. The normalized spacial score (nSPS) is 12.2. The Balaban J connectivity index is 1.42. The van der Waals surface area contributed by atoms with Crippen molar-refractivity contribution in [2.24, 2.45) is 7.05 Å². The largest absolute Gasteiger partial charge is 0.373 e. The van der Waals surface area contributed by atoms with Gasteiger partial charge in [-0.3, -0.25) is 9.08 Å². The van der Waals surface area contributed by atoms with Gasteiger partial charge in [0, 0.05) is 44.6 Å². The number of aryl methyl sites for hydroxylation is 1. The summed E-state index contributed by atoms with van der Waals surface area (Å²) in [4.78, 5) is 8.94. The molecule has 1 atom stereocenters. The zero-order chi connectivity index (χ0) is 21.9. The van der Waals surface area contributed by atoms with E-state index in [0.29, 0.717) is 5.95 Å². The van der Waals surface area contributed by atoms with E-state index in [1.54, 1.807) is 24.2 Å². The van der Waals surface area contributed by atoms with Crippen LogP contribution in [-0.4, -0.2) is 41.5 Å². The van der Waals surface area contributed by atoms with Gasteiger partial charge >= 0.3 is 0 Å². The quantitative estimate of drug-likeness (QED) is 0.425. The Bertz CT molecular complexity index is 1340. The summed E-state index contributed by atoms with van der Waals surface area (Å²) in [6, 6.07) is 17.9. The van der Waals surface area contributed by atoms with E-state index >= 15 is 0 Å². The van der Waals surface area contributed by atoms with Crippen molar-refractivity contribution in [1.29, 1.82) is 0 Å². The standard InChI is InChI=1S/C23H22N8O/c1-30-20(9-12-25-30)27-23-24-11-8-18(26-23)17-10-13-31-21(15-17)28-29-22(31)19(32-2)14-16-6-4-3-5-7-16/h3-13,15,19H,14H2,1-2H3,(H,24,26,27)/t19-/m1/s1. The third-order valence-electron chi connectivity index (χ3n) is 5.28. The minimum atomic E-state index is -0.202. The molecule has 9 heteroatoms. The Labute approximate surface area is 184 Å². The number of anilines is 2. The molecule has 0 spiro atoms. The summed E-state index contributed by atoms with van der Waals surface area (Å²) in [6.45, 7) is 0. The maximum Gasteiger partial charge on any atom is 0.228 e. The van der Waals surface area contributed by atoms with Crippen molar-refractivity contribution in [3.63, 3.8) is 0 Å². The van der Waals surface area contributed by atoms with Crippen molar-refractivity contribution in [2.75, 3.05) is 12.4 Å². The van der Waals surface area contributed by atoms with Crippen molar-refractivity contribution in [3.05, 3.63) is 84.6 Å². The van der Waals surface area contributed by atoms with Gasteiger partial charge < -0.3 is 10.1 Å². The number of aromatic nitrogens is 7. The van der Waals surface area contributed by atoms with E-state index in [4.69, 9.17) is 4.74 Å². The third-order valence-corrected chi connectivity index (χ3v) is 5.28. The van der Waals surface area contributed by atoms with E-state index in [1.165, 1.54) is 5.56 Å². The molecular weight excluding hydrogens is 404 g/mol. The molecule has 1 aromatic carbocycles. The van der Waals surface area contributed by atoms with Crippen LogP contribution in [-0.2, 0) is 18.2 Å². The van der Waals surface area contributed by atoms with Crippen LogP contribution in [0.25, 0.3) is 16.9 Å². The van der Waals surface area contributed by atoms with Gasteiger partial charge in [-0.1, -0.05) is 30.3 Å². The Hall–Kier alpha value is -4.11. The van der Waals surface area contributed by atoms with E-state index in [-0.39, 0.29) is 6.10 Å². The minimum Gasteiger partial charge on any atom is -0.373 e. The smallest absolute Gasteiger partial charge is 0.228 e. The molecule has 0 saturated heterocycles. The third kappa shape index (κ3) is 3.93. The van der Waals surface area contributed by atoms with E-state index in [0.717, 1.165) is 35.0 Å². The molecule has 4 aromatic heterocycles. The Morgan fingerprint density at radius 1 is 1.03 bits per heavy atom. The van der Waals surface area contributed by atoms with Gasteiger partial charge in [0.2, 0.25) is 5.95 Å². The number of nitrogens with zero attached hydrogens (tertiary/aromatic N) is 7. The van der Waals surface area contributed by atoms with Crippen LogP contribution in [0.5, 0.6) is 0 Å². The molecule has 0 aliphatic carbocycles. The zero-order valence-corrected chi connectivity index (χ0v) is 17.8. The van der Waals surface area contributed by atoms with Gasteiger partial charge in [0.25, 0.3) is 0 Å². The van der Waals surface area contributed by atoms with Gasteiger partial charge in [-0.25, -0.2) is 9.97 Å². The second kappa shape index (κ2) is 8.56. The highest BCUT2D eigenvalue weighted by atomic mass is 16.5.